The zero-order chi connectivity index (χ0) is 14.5. The Morgan fingerprint density at radius 1 is 1.45 bits per heavy atom. The van der Waals surface area contributed by atoms with E-state index in [4.69, 9.17) is 28.9 Å². The molecule has 6 heteroatoms. The Labute approximate surface area is 133 Å². The highest BCUT2D eigenvalue weighted by Crippen LogP contribution is 2.32. The molecule has 1 aromatic carbocycles. The van der Waals surface area contributed by atoms with Crippen LogP contribution in [0.3, 0.4) is 0 Å². The van der Waals surface area contributed by atoms with Crippen molar-refractivity contribution in [1.29, 1.82) is 0 Å². The first-order valence-corrected chi connectivity index (χ1v) is 8.52. The summed E-state index contributed by atoms with van der Waals surface area (Å²) in [5.74, 6) is 1.74. The molecule has 2 rings (SSSR count). The van der Waals surface area contributed by atoms with Crippen molar-refractivity contribution in [3.63, 3.8) is 0 Å². The molecule has 0 saturated heterocycles. The normalized spacial score (nSPS) is 15.9. The van der Waals surface area contributed by atoms with Crippen molar-refractivity contribution < 1.29 is 4.79 Å². The predicted molar refractivity (Wildman–Crippen MR) is 86.3 cm³/mol. The minimum Gasteiger partial charge on any atom is -0.351 e. The van der Waals surface area contributed by atoms with Gasteiger partial charge in [0.2, 0.25) is 5.91 Å². The van der Waals surface area contributed by atoms with Gasteiger partial charge in [-0.05, 0) is 36.5 Å². The van der Waals surface area contributed by atoms with Gasteiger partial charge in [0.25, 0.3) is 0 Å². The predicted octanol–water partition coefficient (Wildman–Crippen LogP) is 3.08. The zero-order valence-electron chi connectivity index (χ0n) is 11.1. The van der Waals surface area contributed by atoms with Crippen molar-refractivity contribution in [3.05, 3.63) is 33.8 Å². The lowest BCUT2D eigenvalue weighted by Gasteiger charge is -2.15. The molecule has 0 bridgehead atoms. The van der Waals surface area contributed by atoms with Crippen LogP contribution in [0, 0.1) is 5.92 Å². The van der Waals surface area contributed by atoms with Crippen molar-refractivity contribution in [2.24, 2.45) is 11.7 Å². The van der Waals surface area contributed by atoms with Gasteiger partial charge in [0, 0.05) is 28.4 Å². The van der Waals surface area contributed by atoms with Gasteiger partial charge >= 0.3 is 0 Å². The van der Waals surface area contributed by atoms with Gasteiger partial charge in [0.1, 0.15) is 0 Å². The van der Waals surface area contributed by atoms with Crippen LogP contribution in [0.15, 0.2) is 18.2 Å². The number of halogens is 2. The second-order valence-corrected chi connectivity index (χ2v) is 6.80. The van der Waals surface area contributed by atoms with Crippen LogP contribution in [0.2, 0.25) is 10.0 Å². The number of carbonyl (C=O) groups excluding carboxylic acids is 1. The van der Waals surface area contributed by atoms with E-state index in [1.54, 1.807) is 12.1 Å². The topological polar surface area (TPSA) is 55.1 Å². The first-order valence-electron chi connectivity index (χ1n) is 6.61. The summed E-state index contributed by atoms with van der Waals surface area (Å²) in [6.07, 6.45) is 2.35. The van der Waals surface area contributed by atoms with E-state index in [1.165, 1.54) is 24.6 Å². The van der Waals surface area contributed by atoms with Crippen molar-refractivity contribution in [2.45, 2.75) is 24.6 Å². The molecule has 0 radical (unpaired) electrons. The molecule has 0 heterocycles. The minimum atomic E-state index is 0.0439. The van der Waals surface area contributed by atoms with Crippen LogP contribution in [0.5, 0.6) is 0 Å². The molecule has 110 valence electrons. The van der Waals surface area contributed by atoms with Gasteiger partial charge in [0.15, 0.2) is 0 Å². The number of carbonyl (C=O) groups is 1. The van der Waals surface area contributed by atoms with Gasteiger partial charge in [-0.2, -0.15) is 0 Å². The number of nitrogens with two attached hydrogens (primary N) is 1. The van der Waals surface area contributed by atoms with Crippen LogP contribution in [-0.2, 0) is 10.5 Å². The quantitative estimate of drug-likeness (QED) is 0.806. The Morgan fingerprint density at radius 3 is 2.80 bits per heavy atom. The summed E-state index contributed by atoms with van der Waals surface area (Å²) in [5, 5.41) is 4.26. The number of benzene rings is 1. The van der Waals surface area contributed by atoms with E-state index in [0.29, 0.717) is 34.0 Å². The molecular weight excluding hydrogens is 315 g/mol. The summed E-state index contributed by atoms with van der Waals surface area (Å²) in [4.78, 5) is 11.8. The third-order valence-corrected chi connectivity index (χ3v) is 4.87. The second kappa shape index (κ2) is 7.55. The molecule has 0 aromatic heterocycles. The molecular formula is C14H18Cl2N2OS. The second-order valence-electron chi connectivity index (χ2n) is 4.98. The zero-order valence-corrected chi connectivity index (χ0v) is 13.4. The Bertz CT molecular complexity index is 480. The standard InChI is InChI=1S/C14H18Cl2N2OS/c15-11-4-3-10(12(16)5-11)7-20-8-14(19)18-13(6-17)9-1-2-9/h3-5,9,13H,1-2,6-8,17H2,(H,18,19). The molecule has 1 fully saturated rings. The first kappa shape index (κ1) is 16.0. The third kappa shape index (κ3) is 4.85. The molecule has 3 nitrogen and oxygen atoms in total. The summed E-state index contributed by atoms with van der Waals surface area (Å²) >= 11 is 13.5. The highest BCUT2D eigenvalue weighted by molar-refractivity contribution is 7.99. The molecule has 1 aromatic rings. The Balaban J connectivity index is 1.73. The van der Waals surface area contributed by atoms with Crippen LogP contribution < -0.4 is 11.1 Å². The summed E-state index contributed by atoms with van der Waals surface area (Å²) in [6.45, 7) is 0.518. The Morgan fingerprint density at radius 2 is 2.20 bits per heavy atom. The van der Waals surface area contributed by atoms with Crippen molar-refractivity contribution >= 4 is 40.9 Å². The van der Waals surface area contributed by atoms with E-state index in [2.05, 4.69) is 5.32 Å². The Hall–Kier alpha value is -0.420. The lowest BCUT2D eigenvalue weighted by molar-refractivity contribution is -0.119. The van der Waals surface area contributed by atoms with Gasteiger partial charge in [0.05, 0.1) is 5.75 Å². The van der Waals surface area contributed by atoms with E-state index in [1.807, 2.05) is 6.07 Å². The summed E-state index contributed by atoms with van der Waals surface area (Å²) in [6, 6.07) is 5.56. The summed E-state index contributed by atoms with van der Waals surface area (Å²) in [5.41, 5.74) is 6.66. The highest BCUT2D eigenvalue weighted by atomic mass is 35.5. The van der Waals surface area contributed by atoms with Crippen molar-refractivity contribution in [2.75, 3.05) is 12.3 Å². The third-order valence-electron chi connectivity index (χ3n) is 3.30. The fraction of sp³-hybridized carbons (Fsp3) is 0.500. The fourth-order valence-electron chi connectivity index (χ4n) is 2.01. The summed E-state index contributed by atoms with van der Waals surface area (Å²) < 4.78 is 0. The Kier molecular flexibility index (Phi) is 6.02. The molecule has 3 N–H and O–H groups in total. The highest BCUT2D eigenvalue weighted by Gasteiger charge is 2.31. The van der Waals surface area contributed by atoms with E-state index in [0.717, 1.165) is 5.56 Å². The minimum absolute atomic E-state index is 0.0439. The lowest BCUT2D eigenvalue weighted by atomic mass is 10.2. The van der Waals surface area contributed by atoms with Crippen molar-refractivity contribution in [3.8, 4) is 0 Å². The van der Waals surface area contributed by atoms with Gasteiger partial charge in [-0.15, -0.1) is 11.8 Å². The number of hydrogen-bond donors (Lipinski definition) is 2. The number of hydrogen-bond acceptors (Lipinski definition) is 3. The molecule has 1 aliphatic carbocycles. The number of nitrogens with one attached hydrogen (secondary N) is 1. The van der Waals surface area contributed by atoms with E-state index in [9.17, 15) is 4.79 Å². The van der Waals surface area contributed by atoms with E-state index >= 15 is 0 Å². The maximum atomic E-state index is 11.8. The molecule has 1 saturated carbocycles. The van der Waals surface area contributed by atoms with E-state index < -0.39 is 0 Å². The van der Waals surface area contributed by atoms with Crippen LogP contribution in [0.25, 0.3) is 0 Å². The van der Waals surface area contributed by atoms with E-state index in [-0.39, 0.29) is 11.9 Å². The van der Waals surface area contributed by atoms with Gasteiger partial charge in [-0.3, -0.25) is 4.79 Å². The van der Waals surface area contributed by atoms with Crippen LogP contribution in [0.4, 0.5) is 0 Å². The lowest BCUT2D eigenvalue weighted by Crippen LogP contribution is -2.42. The first-order chi connectivity index (χ1) is 9.60. The largest absolute Gasteiger partial charge is 0.351 e. The van der Waals surface area contributed by atoms with Crippen molar-refractivity contribution in [1.82, 2.24) is 5.32 Å². The molecule has 0 spiro atoms. The fourth-order valence-corrected chi connectivity index (χ4v) is 3.41. The number of rotatable bonds is 7. The molecule has 1 atom stereocenters. The SMILES string of the molecule is NCC(NC(=O)CSCc1ccc(Cl)cc1Cl)C1CC1. The average molecular weight is 333 g/mol. The van der Waals surface area contributed by atoms with Gasteiger partial charge in [-0.1, -0.05) is 29.3 Å². The molecule has 1 unspecified atom stereocenters. The maximum absolute atomic E-state index is 11.8. The molecule has 1 aliphatic rings. The summed E-state index contributed by atoms with van der Waals surface area (Å²) in [7, 11) is 0. The number of thioether (sulfide) groups is 1. The van der Waals surface area contributed by atoms with Gasteiger partial charge in [-0.25, -0.2) is 0 Å². The maximum Gasteiger partial charge on any atom is 0.230 e. The average Bonchev–Trinajstić information content (AvgIpc) is 3.23. The molecule has 1 amide bonds. The van der Waals surface area contributed by atoms with Crippen LogP contribution in [0.1, 0.15) is 18.4 Å². The van der Waals surface area contributed by atoms with Crippen LogP contribution in [-0.4, -0.2) is 24.2 Å². The smallest absolute Gasteiger partial charge is 0.230 e. The monoisotopic (exact) mass is 332 g/mol. The molecule has 0 aliphatic heterocycles. The molecule has 20 heavy (non-hydrogen) atoms. The van der Waals surface area contributed by atoms with Crippen LogP contribution >= 0.6 is 35.0 Å². The van der Waals surface area contributed by atoms with Gasteiger partial charge < -0.3 is 11.1 Å². The number of amides is 1.